The summed E-state index contributed by atoms with van der Waals surface area (Å²) >= 11 is 0. The first-order chi connectivity index (χ1) is 11.6. The molecule has 2 aromatic rings. The number of nitrogens with zero attached hydrogens (tertiary/aromatic N) is 3. The molecule has 1 aromatic heterocycles. The second-order valence-electron chi connectivity index (χ2n) is 5.83. The maximum absolute atomic E-state index is 9.49. The summed E-state index contributed by atoms with van der Waals surface area (Å²) in [5.74, 6) is 1.40. The average molecular weight is 324 g/mol. The molecule has 1 N–H and O–H groups in total. The van der Waals surface area contributed by atoms with Crippen LogP contribution in [0.1, 0.15) is 50.1 Å². The van der Waals surface area contributed by atoms with Crippen LogP contribution in [0.3, 0.4) is 0 Å². The molecule has 0 spiro atoms. The van der Waals surface area contributed by atoms with Gasteiger partial charge in [-0.05, 0) is 49.9 Å². The predicted molar refractivity (Wildman–Crippen MR) is 95.0 cm³/mol. The predicted octanol–water partition coefficient (Wildman–Crippen LogP) is 3.87. The fourth-order valence-corrected chi connectivity index (χ4v) is 2.56. The molecule has 2 rings (SSSR count). The number of nitrogens with one attached hydrogen (secondary N) is 1. The number of aromatic nitrogens is 2. The number of aryl methyl sites for hydroxylation is 1. The number of rotatable bonds is 7. The van der Waals surface area contributed by atoms with Gasteiger partial charge in [0.15, 0.2) is 5.82 Å². The topological polar surface area (TPSA) is 70.8 Å². The highest BCUT2D eigenvalue weighted by Crippen LogP contribution is 2.21. The van der Waals surface area contributed by atoms with Gasteiger partial charge in [0.25, 0.3) is 0 Å². The van der Waals surface area contributed by atoms with Crippen molar-refractivity contribution in [3.05, 3.63) is 46.6 Å². The highest BCUT2D eigenvalue weighted by Gasteiger charge is 2.14. The molecule has 0 aliphatic carbocycles. The molecule has 5 nitrogen and oxygen atoms in total. The molecule has 0 saturated heterocycles. The molecule has 0 aliphatic heterocycles. The molecule has 0 radical (unpaired) electrons. The molecule has 0 amide bonds. The molecule has 126 valence electrons. The Bertz CT molecular complexity index is 717. The molecule has 0 saturated carbocycles. The van der Waals surface area contributed by atoms with Crippen molar-refractivity contribution in [2.24, 2.45) is 0 Å². The van der Waals surface area contributed by atoms with Crippen molar-refractivity contribution in [2.45, 2.75) is 53.2 Å². The Morgan fingerprint density at radius 3 is 2.38 bits per heavy atom. The van der Waals surface area contributed by atoms with Crippen molar-refractivity contribution in [1.82, 2.24) is 10.2 Å². The molecule has 5 heteroatoms. The van der Waals surface area contributed by atoms with Gasteiger partial charge in [0.05, 0.1) is 11.8 Å². The lowest BCUT2D eigenvalue weighted by Gasteiger charge is -2.13. The Labute approximate surface area is 143 Å². The lowest BCUT2D eigenvalue weighted by Crippen LogP contribution is -2.10. The van der Waals surface area contributed by atoms with Crippen LogP contribution in [-0.2, 0) is 19.4 Å². The van der Waals surface area contributed by atoms with E-state index in [1.54, 1.807) is 0 Å². The van der Waals surface area contributed by atoms with Crippen molar-refractivity contribution >= 4 is 5.82 Å². The van der Waals surface area contributed by atoms with E-state index in [1.165, 1.54) is 0 Å². The molecule has 1 heterocycles. The summed E-state index contributed by atoms with van der Waals surface area (Å²) in [6.07, 6.45) is 1.71. The van der Waals surface area contributed by atoms with E-state index in [0.717, 1.165) is 35.4 Å². The molecular weight excluding hydrogens is 300 g/mol. The maximum atomic E-state index is 9.49. The average Bonchev–Trinajstić information content (AvgIpc) is 2.59. The van der Waals surface area contributed by atoms with Gasteiger partial charge in [0.1, 0.15) is 17.4 Å². The summed E-state index contributed by atoms with van der Waals surface area (Å²) in [7, 11) is 0. The van der Waals surface area contributed by atoms with Crippen LogP contribution in [0.4, 0.5) is 5.82 Å². The Morgan fingerprint density at radius 1 is 1.12 bits per heavy atom. The van der Waals surface area contributed by atoms with E-state index in [2.05, 4.69) is 21.6 Å². The quantitative estimate of drug-likeness (QED) is 0.837. The van der Waals surface area contributed by atoms with Crippen LogP contribution in [0, 0.1) is 11.3 Å². The number of nitriles is 1. The third-order valence-corrected chi connectivity index (χ3v) is 3.71. The highest BCUT2D eigenvalue weighted by molar-refractivity contribution is 5.56. The van der Waals surface area contributed by atoms with E-state index in [1.807, 2.05) is 52.0 Å². The van der Waals surface area contributed by atoms with Crippen LogP contribution in [0.25, 0.3) is 0 Å². The SMILES string of the molecule is CCc1nnc(NCc2ccc(OC(C)C)cc2)c(C#N)c1CC. The number of ether oxygens (including phenoxy) is 1. The Hall–Kier alpha value is -2.61. The lowest BCUT2D eigenvalue weighted by molar-refractivity contribution is 0.242. The van der Waals surface area contributed by atoms with Crippen molar-refractivity contribution < 1.29 is 4.74 Å². The Balaban J connectivity index is 2.13. The van der Waals surface area contributed by atoms with Crippen LogP contribution >= 0.6 is 0 Å². The number of hydrogen-bond acceptors (Lipinski definition) is 5. The van der Waals surface area contributed by atoms with Crippen molar-refractivity contribution in [3.63, 3.8) is 0 Å². The normalized spacial score (nSPS) is 10.5. The van der Waals surface area contributed by atoms with Gasteiger partial charge in [-0.25, -0.2) is 0 Å². The molecule has 1 aromatic carbocycles. The van der Waals surface area contributed by atoms with E-state index < -0.39 is 0 Å². The summed E-state index contributed by atoms with van der Waals surface area (Å²) < 4.78 is 5.64. The third kappa shape index (κ3) is 4.23. The van der Waals surface area contributed by atoms with Gasteiger partial charge in [0.2, 0.25) is 0 Å². The summed E-state index contributed by atoms with van der Waals surface area (Å²) in [6.45, 7) is 8.65. The number of hydrogen-bond donors (Lipinski definition) is 1. The second kappa shape index (κ2) is 8.30. The van der Waals surface area contributed by atoms with Gasteiger partial charge >= 0.3 is 0 Å². The fraction of sp³-hybridized carbons (Fsp3) is 0.421. The van der Waals surface area contributed by atoms with E-state index in [0.29, 0.717) is 17.9 Å². The first kappa shape index (κ1) is 17.7. The van der Waals surface area contributed by atoms with E-state index >= 15 is 0 Å². The molecule has 0 unspecified atom stereocenters. The van der Waals surface area contributed by atoms with Crippen molar-refractivity contribution in [3.8, 4) is 11.8 Å². The Morgan fingerprint density at radius 2 is 1.83 bits per heavy atom. The number of benzene rings is 1. The van der Waals surface area contributed by atoms with E-state index in [9.17, 15) is 5.26 Å². The highest BCUT2D eigenvalue weighted by atomic mass is 16.5. The fourth-order valence-electron chi connectivity index (χ4n) is 2.56. The molecule has 0 fully saturated rings. The van der Waals surface area contributed by atoms with E-state index in [4.69, 9.17) is 4.74 Å². The van der Waals surface area contributed by atoms with Gasteiger partial charge in [-0.15, -0.1) is 5.10 Å². The van der Waals surface area contributed by atoms with Crippen LogP contribution in [0.2, 0.25) is 0 Å². The zero-order valence-corrected chi connectivity index (χ0v) is 14.8. The first-order valence-electron chi connectivity index (χ1n) is 8.37. The second-order valence-corrected chi connectivity index (χ2v) is 5.83. The van der Waals surface area contributed by atoms with Crippen molar-refractivity contribution in [2.75, 3.05) is 5.32 Å². The lowest BCUT2D eigenvalue weighted by atomic mass is 10.0. The molecule has 24 heavy (non-hydrogen) atoms. The third-order valence-electron chi connectivity index (χ3n) is 3.71. The van der Waals surface area contributed by atoms with Gasteiger partial charge in [-0.2, -0.15) is 10.4 Å². The van der Waals surface area contributed by atoms with Crippen LogP contribution in [-0.4, -0.2) is 16.3 Å². The minimum Gasteiger partial charge on any atom is -0.491 e. The Kier molecular flexibility index (Phi) is 6.14. The van der Waals surface area contributed by atoms with Gasteiger partial charge in [0, 0.05) is 6.54 Å². The summed E-state index contributed by atoms with van der Waals surface area (Å²) in [5, 5.41) is 21.2. The van der Waals surface area contributed by atoms with Gasteiger partial charge in [-0.3, -0.25) is 0 Å². The molecule has 0 bridgehead atoms. The van der Waals surface area contributed by atoms with Gasteiger partial charge < -0.3 is 10.1 Å². The maximum Gasteiger partial charge on any atom is 0.167 e. The monoisotopic (exact) mass is 324 g/mol. The molecule has 0 aliphatic rings. The summed E-state index contributed by atoms with van der Waals surface area (Å²) in [6, 6.07) is 10.2. The standard InChI is InChI=1S/C19H24N4O/c1-5-16-17(11-20)19(23-22-18(16)6-2)21-12-14-7-9-15(10-8-14)24-13(3)4/h7-10,13H,5-6,12H2,1-4H3,(H,21,23). The largest absolute Gasteiger partial charge is 0.491 e. The van der Waals surface area contributed by atoms with Crippen LogP contribution < -0.4 is 10.1 Å². The minimum atomic E-state index is 0.159. The van der Waals surface area contributed by atoms with E-state index in [-0.39, 0.29) is 6.10 Å². The molecule has 0 atom stereocenters. The first-order valence-corrected chi connectivity index (χ1v) is 8.37. The van der Waals surface area contributed by atoms with Crippen LogP contribution in [0.15, 0.2) is 24.3 Å². The summed E-state index contributed by atoms with van der Waals surface area (Å²) in [5.41, 5.74) is 3.58. The van der Waals surface area contributed by atoms with Crippen LogP contribution in [0.5, 0.6) is 5.75 Å². The summed E-state index contributed by atoms with van der Waals surface area (Å²) in [4.78, 5) is 0. The zero-order chi connectivity index (χ0) is 17.5. The minimum absolute atomic E-state index is 0.159. The number of anilines is 1. The molecular formula is C19H24N4O. The smallest absolute Gasteiger partial charge is 0.167 e. The zero-order valence-electron chi connectivity index (χ0n) is 14.8. The van der Waals surface area contributed by atoms with Gasteiger partial charge in [-0.1, -0.05) is 26.0 Å². The van der Waals surface area contributed by atoms with Crippen molar-refractivity contribution in [1.29, 1.82) is 5.26 Å².